The highest BCUT2D eigenvalue weighted by Crippen LogP contribution is 2.21. The van der Waals surface area contributed by atoms with Gasteiger partial charge in [-0.2, -0.15) is 0 Å². The maximum absolute atomic E-state index is 12.9. The van der Waals surface area contributed by atoms with E-state index in [1.54, 1.807) is 24.3 Å². The molecular formula is C21H25FN4O4S. The summed E-state index contributed by atoms with van der Waals surface area (Å²) < 4.78 is 38.0. The van der Waals surface area contributed by atoms with Crippen LogP contribution >= 0.6 is 0 Å². The van der Waals surface area contributed by atoms with Gasteiger partial charge in [-0.25, -0.2) is 12.8 Å². The van der Waals surface area contributed by atoms with Crippen molar-refractivity contribution in [3.63, 3.8) is 0 Å². The van der Waals surface area contributed by atoms with Gasteiger partial charge in [0.2, 0.25) is 21.8 Å². The Labute approximate surface area is 180 Å². The van der Waals surface area contributed by atoms with Gasteiger partial charge in [0.1, 0.15) is 5.82 Å². The molecule has 166 valence electrons. The summed E-state index contributed by atoms with van der Waals surface area (Å²) in [7, 11) is -3.40. The zero-order valence-electron chi connectivity index (χ0n) is 17.1. The summed E-state index contributed by atoms with van der Waals surface area (Å²) in [6, 6.07) is 12.1. The van der Waals surface area contributed by atoms with Crippen LogP contribution in [0, 0.1) is 11.7 Å². The van der Waals surface area contributed by atoms with Gasteiger partial charge in [0, 0.05) is 17.3 Å². The number of carbonyl (C=O) groups excluding carboxylic acids is 2. The Morgan fingerprint density at radius 1 is 1.00 bits per heavy atom. The van der Waals surface area contributed by atoms with Crippen LogP contribution in [0.25, 0.3) is 0 Å². The van der Waals surface area contributed by atoms with E-state index in [1.807, 2.05) is 4.90 Å². The molecule has 0 radical (unpaired) electrons. The lowest BCUT2D eigenvalue weighted by atomic mass is 9.95. The molecule has 2 aromatic carbocycles. The first kappa shape index (κ1) is 22.7. The van der Waals surface area contributed by atoms with Gasteiger partial charge in [0.15, 0.2) is 0 Å². The van der Waals surface area contributed by atoms with Crippen molar-refractivity contribution >= 4 is 38.9 Å². The van der Waals surface area contributed by atoms with Crippen molar-refractivity contribution < 1.29 is 22.4 Å². The monoisotopic (exact) mass is 448 g/mol. The number of hydrogen-bond donors (Lipinski definition) is 3. The van der Waals surface area contributed by atoms with Crippen molar-refractivity contribution in [2.24, 2.45) is 5.92 Å². The number of nitrogens with one attached hydrogen (secondary N) is 3. The number of anilines is 3. The lowest BCUT2D eigenvalue weighted by molar-refractivity contribution is -0.121. The molecular weight excluding hydrogens is 423 g/mol. The van der Waals surface area contributed by atoms with Gasteiger partial charge in [-0.05, 0) is 68.4 Å². The third-order valence-corrected chi connectivity index (χ3v) is 5.49. The summed E-state index contributed by atoms with van der Waals surface area (Å²) in [6.45, 7) is 1.40. The molecule has 0 bridgehead atoms. The minimum absolute atomic E-state index is 0.132. The fraction of sp³-hybridized carbons (Fsp3) is 0.333. The van der Waals surface area contributed by atoms with E-state index in [-0.39, 0.29) is 30.1 Å². The van der Waals surface area contributed by atoms with Crippen LogP contribution in [0.1, 0.15) is 12.8 Å². The average Bonchev–Trinajstić information content (AvgIpc) is 2.69. The Morgan fingerprint density at radius 3 is 2.29 bits per heavy atom. The number of carbonyl (C=O) groups is 2. The number of sulfonamides is 1. The molecule has 31 heavy (non-hydrogen) atoms. The Balaban J connectivity index is 1.46. The molecule has 3 N–H and O–H groups in total. The highest BCUT2D eigenvalue weighted by Gasteiger charge is 2.26. The van der Waals surface area contributed by atoms with E-state index in [1.165, 1.54) is 24.3 Å². The molecule has 1 aliphatic rings. The maximum atomic E-state index is 12.9. The average molecular weight is 449 g/mol. The molecule has 1 heterocycles. The van der Waals surface area contributed by atoms with Gasteiger partial charge >= 0.3 is 0 Å². The van der Waals surface area contributed by atoms with E-state index < -0.39 is 10.0 Å². The van der Waals surface area contributed by atoms with Crippen LogP contribution in [-0.4, -0.2) is 51.0 Å². The van der Waals surface area contributed by atoms with Crippen LogP contribution in [0.2, 0.25) is 0 Å². The van der Waals surface area contributed by atoms with Gasteiger partial charge in [0.05, 0.1) is 18.5 Å². The number of benzene rings is 2. The highest BCUT2D eigenvalue weighted by molar-refractivity contribution is 7.92. The van der Waals surface area contributed by atoms with Crippen LogP contribution in [0.4, 0.5) is 21.5 Å². The molecule has 1 fully saturated rings. The van der Waals surface area contributed by atoms with Gasteiger partial charge in [-0.1, -0.05) is 6.07 Å². The Kier molecular flexibility index (Phi) is 7.24. The molecule has 1 aliphatic heterocycles. The lowest BCUT2D eigenvalue weighted by Gasteiger charge is -2.30. The second kappa shape index (κ2) is 9.88. The van der Waals surface area contributed by atoms with Crippen molar-refractivity contribution in [1.29, 1.82) is 0 Å². The van der Waals surface area contributed by atoms with E-state index in [9.17, 15) is 22.4 Å². The van der Waals surface area contributed by atoms with Crippen molar-refractivity contribution in [2.45, 2.75) is 12.8 Å². The van der Waals surface area contributed by atoms with Crippen LogP contribution < -0.4 is 15.4 Å². The SMILES string of the molecule is CS(=O)(=O)Nc1cccc(NC(=O)C2CCN(CC(=O)Nc3ccc(F)cc3)CC2)c1. The van der Waals surface area contributed by atoms with Crippen molar-refractivity contribution in [3.05, 3.63) is 54.3 Å². The summed E-state index contributed by atoms with van der Waals surface area (Å²) in [5.41, 5.74) is 1.43. The Morgan fingerprint density at radius 2 is 1.65 bits per heavy atom. The standard InChI is InChI=1S/C21H25FN4O4S/c1-31(29,30)25-19-4-2-3-18(13-19)24-21(28)15-9-11-26(12-10-15)14-20(27)23-17-7-5-16(22)6-8-17/h2-8,13,15,25H,9-12,14H2,1H3,(H,23,27)(H,24,28). The van der Waals surface area contributed by atoms with E-state index >= 15 is 0 Å². The molecule has 1 saturated heterocycles. The van der Waals surface area contributed by atoms with Gasteiger partial charge in [0.25, 0.3) is 0 Å². The first-order chi connectivity index (χ1) is 14.7. The zero-order valence-corrected chi connectivity index (χ0v) is 17.9. The molecule has 8 nitrogen and oxygen atoms in total. The van der Waals surface area contributed by atoms with Crippen LogP contribution in [0.15, 0.2) is 48.5 Å². The summed E-state index contributed by atoms with van der Waals surface area (Å²) in [4.78, 5) is 26.7. The van der Waals surface area contributed by atoms with Gasteiger partial charge in [-0.3, -0.25) is 19.2 Å². The molecule has 2 aromatic rings. The van der Waals surface area contributed by atoms with Crippen molar-refractivity contribution in [3.8, 4) is 0 Å². The number of halogens is 1. The summed E-state index contributed by atoms with van der Waals surface area (Å²) in [5, 5.41) is 5.56. The minimum atomic E-state index is -3.40. The smallest absolute Gasteiger partial charge is 0.238 e. The lowest BCUT2D eigenvalue weighted by Crippen LogP contribution is -2.41. The maximum Gasteiger partial charge on any atom is 0.238 e. The molecule has 0 saturated carbocycles. The molecule has 10 heteroatoms. The number of rotatable bonds is 7. The van der Waals surface area contributed by atoms with Crippen molar-refractivity contribution in [2.75, 3.05) is 41.2 Å². The third-order valence-electron chi connectivity index (χ3n) is 4.89. The fourth-order valence-electron chi connectivity index (χ4n) is 3.41. The van der Waals surface area contributed by atoms with Crippen LogP contribution in [0.3, 0.4) is 0 Å². The number of nitrogens with zero attached hydrogens (tertiary/aromatic N) is 1. The third kappa shape index (κ3) is 7.34. The van der Waals surface area contributed by atoms with Gasteiger partial charge < -0.3 is 10.6 Å². The molecule has 0 aliphatic carbocycles. The molecule has 0 aromatic heterocycles. The predicted molar refractivity (Wildman–Crippen MR) is 118 cm³/mol. The normalized spacial score (nSPS) is 15.3. The van der Waals surface area contributed by atoms with Crippen LogP contribution in [0.5, 0.6) is 0 Å². The largest absolute Gasteiger partial charge is 0.326 e. The topological polar surface area (TPSA) is 108 Å². The molecule has 2 amide bonds. The van der Waals surface area contributed by atoms with Gasteiger partial charge in [-0.15, -0.1) is 0 Å². The molecule has 0 atom stereocenters. The second-order valence-corrected chi connectivity index (χ2v) is 9.30. The first-order valence-electron chi connectivity index (χ1n) is 9.84. The molecule has 0 unspecified atom stereocenters. The van der Waals surface area contributed by atoms with E-state index in [0.29, 0.717) is 43.0 Å². The first-order valence-corrected chi connectivity index (χ1v) is 11.7. The highest BCUT2D eigenvalue weighted by atomic mass is 32.2. The summed E-state index contributed by atoms with van der Waals surface area (Å²) in [6.07, 6.45) is 2.28. The van der Waals surface area contributed by atoms with Crippen molar-refractivity contribution in [1.82, 2.24) is 4.90 Å². The fourth-order valence-corrected chi connectivity index (χ4v) is 3.96. The summed E-state index contributed by atoms with van der Waals surface area (Å²) >= 11 is 0. The quantitative estimate of drug-likeness (QED) is 0.603. The van der Waals surface area contributed by atoms with E-state index in [4.69, 9.17) is 0 Å². The predicted octanol–water partition coefficient (Wildman–Crippen LogP) is 2.49. The molecule has 0 spiro atoms. The Bertz CT molecular complexity index is 1040. The number of hydrogen-bond acceptors (Lipinski definition) is 5. The second-order valence-electron chi connectivity index (χ2n) is 7.55. The minimum Gasteiger partial charge on any atom is -0.326 e. The molecule has 3 rings (SSSR count). The number of amides is 2. The van der Waals surface area contributed by atoms with E-state index in [2.05, 4.69) is 15.4 Å². The number of piperidine rings is 1. The number of likely N-dealkylation sites (tertiary alicyclic amines) is 1. The Hall–Kier alpha value is -2.98. The summed E-state index contributed by atoms with van der Waals surface area (Å²) in [5.74, 6) is -0.878. The van der Waals surface area contributed by atoms with E-state index in [0.717, 1.165) is 6.26 Å². The van der Waals surface area contributed by atoms with Crippen LogP contribution in [-0.2, 0) is 19.6 Å². The zero-order chi connectivity index (χ0) is 22.4.